The highest BCUT2D eigenvalue weighted by atomic mass is 32.2. The number of nitrogen functional groups attached to an aromatic ring is 1. The van der Waals surface area contributed by atoms with Crippen molar-refractivity contribution in [3.8, 4) is 17.1 Å². The van der Waals surface area contributed by atoms with Gasteiger partial charge in [-0.15, -0.1) is 10.2 Å². The maximum absolute atomic E-state index is 12.4. The predicted octanol–water partition coefficient (Wildman–Crippen LogP) is 3.55. The van der Waals surface area contributed by atoms with Crippen LogP contribution in [-0.4, -0.2) is 33.6 Å². The lowest BCUT2D eigenvalue weighted by Crippen LogP contribution is -2.16. The zero-order valence-electron chi connectivity index (χ0n) is 15.7. The van der Waals surface area contributed by atoms with Crippen LogP contribution in [0.15, 0.2) is 71.9 Å². The average Bonchev–Trinajstić information content (AvgIpc) is 3.13. The molecule has 4 aromatic rings. The molecule has 0 unspecified atom stereocenters. The van der Waals surface area contributed by atoms with E-state index in [0.29, 0.717) is 11.0 Å². The number of hydrogen-bond donors (Lipinski definition) is 2. The van der Waals surface area contributed by atoms with E-state index in [0.717, 1.165) is 27.8 Å². The maximum Gasteiger partial charge on any atom is 0.234 e. The Morgan fingerprint density at radius 2 is 1.83 bits per heavy atom. The van der Waals surface area contributed by atoms with E-state index in [1.165, 1.54) is 16.4 Å². The van der Waals surface area contributed by atoms with Crippen LogP contribution < -0.4 is 15.9 Å². The minimum atomic E-state index is -0.139. The van der Waals surface area contributed by atoms with E-state index in [1.807, 2.05) is 66.7 Å². The molecule has 3 N–H and O–H groups in total. The van der Waals surface area contributed by atoms with Crippen molar-refractivity contribution in [3.05, 3.63) is 66.7 Å². The van der Waals surface area contributed by atoms with E-state index < -0.39 is 0 Å². The summed E-state index contributed by atoms with van der Waals surface area (Å²) in [6.07, 6.45) is 0. The van der Waals surface area contributed by atoms with Crippen molar-refractivity contribution >= 4 is 34.1 Å². The SMILES string of the molecule is COc1ccc(-c2nnc(SCC(=O)Nc3cccc4ccccc34)n2N)cc1. The molecule has 0 spiro atoms. The summed E-state index contributed by atoms with van der Waals surface area (Å²) in [6, 6.07) is 21.1. The van der Waals surface area contributed by atoms with E-state index in [1.54, 1.807) is 7.11 Å². The summed E-state index contributed by atoms with van der Waals surface area (Å²) in [4.78, 5) is 12.4. The van der Waals surface area contributed by atoms with Gasteiger partial charge in [0.1, 0.15) is 5.75 Å². The molecule has 0 bridgehead atoms. The number of carbonyl (C=O) groups is 1. The van der Waals surface area contributed by atoms with Gasteiger partial charge in [0.25, 0.3) is 0 Å². The minimum absolute atomic E-state index is 0.139. The number of ether oxygens (including phenoxy) is 1. The van der Waals surface area contributed by atoms with Crippen LogP contribution in [0.3, 0.4) is 0 Å². The van der Waals surface area contributed by atoms with Gasteiger partial charge in [0, 0.05) is 16.6 Å². The second-order valence-electron chi connectivity index (χ2n) is 6.27. The van der Waals surface area contributed by atoms with Crippen molar-refractivity contribution in [1.82, 2.24) is 14.9 Å². The Balaban J connectivity index is 1.43. The second-order valence-corrected chi connectivity index (χ2v) is 7.21. The van der Waals surface area contributed by atoms with Gasteiger partial charge in [-0.3, -0.25) is 4.79 Å². The van der Waals surface area contributed by atoms with Crippen LogP contribution in [0.5, 0.6) is 5.75 Å². The lowest BCUT2D eigenvalue weighted by atomic mass is 10.1. The van der Waals surface area contributed by atoms with Gasteiger partial charge in [0.15, 0.2) is 5.82 Å². The van der Waals surface area contributed by atoms with Crippen molar-refractivity contribution in [1.29, 1.82) is 0 Å². The molecule has 0 radical (unpaired) electrons. The van der Waals surface area contributed by atoms with Crippen LogP contribution in [0, 0.1) is 0 Å². The third-order valence-electron chi connectivity index (χ3n) is 4.41. The highest BCUT2D eigenvalue weighted by Gasteiger charge is 2.14. The monoisotopic (exact) mass is 405 g/mol. The Hall–Kier alpha value is -3.52. The third kappa shape index (κ3) is 4.02. The van der Waals surface area contributed by atoms with E-state index in [4.69, 9.17) is 10.6 Å². The first kappa shape index (κ1) is 18.8. The van der Waals surface area contributed by atoms with Crippen LogP contribution in [-0.2, 0) is 4.79 Å². The normalized spacial score (nSPS) is 10.8. The molecule has 1 heterocycles. The Labute approximate surface area is 171 Å². The van der Waals surface area contributed by atoms with Crippen LogP contribution in [0.2, 0.25) is 0 Å². The molecule has 1 amide bonds. The van der Waals surface area contributed by atoms with Crippen LogP contribution in [0.4, 0.5) is 5.69 Å². The number of aromatic nitrogens is 3. The first-order valence-electron chi connectivity index (χ1n) is 8.91. The van der Waals surface area contributed by atoms with Crippen LogP contribution in [0.1, 0.15) is 0 Å². The number of amides is 1. The fourth-order valence-electron chi connectivity index (χ4n) is 2.96. The summed E-state index contributed by atoms with van der Waals surface area (Å²) in [5.41, 5.74) is 1.59. The first-order valence-corrected chi connectivity index (χ1v) is 9.89. The second kappa shape index (κ2) is 8.24. The van der Waals surface area contributed by atoms with Gasteiger partial charge in [-0.1, -0.05) is 48.2 Å². The van der Waals surface area contributed by atoms with Gasteiger partial charge >= 0.3 is 0 Å². The summed E-state index contributed by atoms with van der Waals surface area (Å²) in [5, 5.41) is 13.7. The quantitative estimate of drug-likeness (QED) is 0.376. The Morgan fingerprint density at radius 1 is 1.07 bits per heavy atom. The summed E-state index contributed by atoms with van der Waals surface area (Å²) in [5.74, 6) is 7.42. The molecular formula is C21H19N5O2S. The molecule has 0 saturated heterocycles. The number of rotatable bonds is 6. The molecule has 0 aliphatic rings. The fourth-order valence-corrected chi connectivity index (χ4v) is 3.62. The summed E-state index contributed by atoms with van der Waals surface area (Å²) < 4.78 is 6.54. The van der Waals surface area contributed by atoms with Gasteiger partial charge < -0.3 is 15.9 Å². The molecule has 146 valence electrons. The number of nitrogens with one attached hydrogen (secondary N) is 1. The van der Waals surface area contributed by atoms with E-state index in [9.17, 15) is 4.79 Å². The van der Waals surface area contributed by atoms with Crippen molar-refractivity contribution in [2.45, 2.75) is 5.16 Å². The van der Waals surface area contributed by atoms with E-state index in [2.05, 4.69) is 15.5 Å². The third-order valence-corrected chi connectivity index (χ3v) is 5.35. The van der Waals surface area contributed by atoms with Gasteiger partial charge in [-0.05, 0) is 35.7 Å². The van der Waals surface area contributed by atoms with Crippen molar-refractivity contribution in [2.24, 2.45) is 0 Å². The molecule has 0 atom stereocenters. The molecule has 0 saturated carbocycles. The molecular weight excluding hydrogens is 386 g/mol. The maximum atomic E-state index is 12.4. The standard InChI is InChI=1S/C21H19N5O2S/c1-28-16-11-9-15(10-12-16)20-24-25-21(26(20)22)29-13-19(27)23-18-8-4-6-14-5-2-3-7-17(14)18/h2-12H,13,22H2,1H3,(H,23,27). The number of hydrogen-bond acceptors (Lipinski definition) is 6. The first-order chi connectivity index (χ1) is 14.2. The highest BCUT2D eigenvalue weighted by Crippen LogP contribution is 2.25. The molecule has 29 heavy (non-hydrogen) atoms. The van der Waals surface area contributed by atoms with E-state index >= 15 is 0 Å². The Morgan fingerprint density at radius 3 is 2.62 bits per heavy atom. The topological polar surface area (TPSA) is 95.1 Å². The van der Waals surface area contributed by atoms with Crippen molar-refractivity contribution in [3.63, 3.8) is 0 Å². The molecule has 0 fully saturated rings. The molecule has 8 heteroatoms. The molecule has 1 aromatic heterocycles. The van der Waals surface area contributed by atoms with Crippen LogP contribution in [0.25, 0.3) is 22.2 Å². The van der Waals surface area contributed by atoms with Crippen LogP contribution >= 0.6 is 11.8 Å². The number of anilines is 1. The summed E-state index contributed by atoms with van der Waals surface area (Å²) in [7, 11) is 1.61. The lowest BCUT2D eigenvalue weighted by Gasteiger charge is -2.08. The number of carbonyl (C=O) groups excluding carboxylic acids is 1. The van der Waals surface area contributed by atoms with Crippen molar-refractivity contribution in [2.75, 3.05) is 24.0 Å². The summed E-state index contributed by atoms with van der Waals surface area (Å²) in [6.45, 7) is 0. The molecule has 0 aliphatic heterocycles. The van der Waals surface area contributed by atoms with E-state index in [-0.39, 0.29) is 11.7 Å². The smallest absolute Gasteiger partial charge is 0.234 e. The number of thioether (sulfide) groups is 1. The predicted molar refractivity (Wildman–Crippen MR) is 115 cm³/mol. The Bertz CT molecular complexity index is 1150. The fraction of sp³-hybridized carbons (Fsp3) is 0.0952. The number of nitrogens with two attached hydrogens (primary N) is 1. The summed E-state index contributed by atoms with van der Waals surface area (Å²) >= 11 is 1.23. The van der Waals surface area contributed by atoms with Crippen molar-refractivity contribution < 1.29 is 9.53 Å². The highest BCUT2D eigenvalue weighted by molar-refractivity contribution is 7.99. The molecule has 3 aromatic carbocycles. The molecule has 4 rings (SSSR count). The van der Waals surface area contributed by atoms with Gasteiger partial charge in [-0.25, -0.2) is 4.68 Å². The Kier molecular flexibility index (Phi) is 5.35. The number of benzene rings is 3. The zero-order chi connectivity index (χ0) is 20.2. The molecule has 0 aliphatic carbocycles. The number of methoxy groups -OCH3 is 1. The number of fused-ring (bicyclic) bond motifs is 1. The van der Waals surface area contributed by atoms with Gasteiger partial charge in [0.2, 0.25) is 11.1 Å². The zero-order valence-corrected chi connectivity index (χ0v) is 16.5. The van der Waals surface area contributed by atoms with Gasteiger partial charge in [0.05, 0.1) is 12.9 Å². The lowest BCUT2D eigenvalue weighted by molar-refractivity contribution is -0.113. The minimum Gasteiger partial charge on any atom is -0.497 e. The largest absolute Gasteiger partial charge is 0.497 e. The molecule has 7 nitrogen and oxygen atoms in total. The average molecular weight is 405 g/mol. The van der Waals surface area contributed by atoms with Gasteiger partial charge in [-0.2, -0.15) is 0 Å². The number of nitrogens with zero attached hydrogens (tertiary/aromatic N) is 3.